The number of carbonyl (C=O) groups is 3. The molecule has 37 heavy (non-hydrogen) atoms. The number of amides is 2. The van der Waals surface area contributed by atoms with E-state index in [0.29, 0.717) is 41.6 Å². The molecule has 9 nitrogen and oxygen atoms in total. The van der Waals surface area contributed by atoms with Crippen LogP contribution in [-0.2, 0) is 4.79 Å². The molecule has 0 aromatic heterocycles. The Hall–Kier alpha value is -3.22. The molecular weight excluding hydrogens is 678 g/mol. The second-order valence-corrected chi connectivity index (χ2v) is 9.85. The van der Waals surface area contributed by atoms with E-state index in [1.807, 2.05) is 0 Å². The predicted octanol–water partition coefficient (Wildman–Crippen LogP) is 5.09. The standard InChI is InChI=1S/C25H20Br3N3O6/c1-35-20-8-7-14(10-21(20)36-2)24(33)29-13-22(32)31-30-12-15-9-16(26)11-19(28)23(15)37-25(34)17-5-3-4-6-18(17)27/h3-12H,13H2,1-2H3,(H,29,33)(H,31,32). The van der Waals surface area contributed by atoms with Crippen LogP contribution in [0, 0.1) is 0 Å². The SMILES string of the molecule is COc1ccc(C(=O)NCC(=O)NN=Cc2cc(Br)cc(Br)c2OC(=O)c2ccccc2Br)cc1OC. The molecule has 192 valence electrons. The number of halogens is 3. The molecule has 0 fully saturated rings. The van der Waals surface area contributed by atoms with Gasteiger partial charge in [0.1, 0.15) is 0 Å². The maximum absolute atomic E-state index is 12.7. The van der Waals surface area contributed by atoms with Crippen LogP contribution in [0.1, 0.15) is 26.3 Å². The first-order valence-corrected chi connectivity index (χ1v) is 12.9. The molecule has 3 rings (SSSR count). The van der Waals surface area contributed by atoms with Crippen molar-refractivity contribution in [2.24, 2.45) is 5.10 Å². The third-order valence-electron chi connectivity index (χ3n) is 4.77. The molecule has 2 amide bonds. The third kappa shape index (κ3) is 7.63. The summed E-state index contributed by atoms with van der Waals surface area (Å²) in [6, 6.07) is 14.9. The van der Waals surface area contributed by atoms with Crippen molar-refractivity contribution < 1.29 is 28.6 Å². The van der Waals surface area contributed by atoms with E-state index in [4.69, 9.17) is 14.2 Å². The normalized spacial score (nSPS) is 10.6. The average molecular weight is 698 g/mol. The van der Waals surface area contributed by atoms with Gasteiger partial charge in [-0.1, -0.05) is 28.1 Å². The summed E-state index contributed by atoms with van der Waals surface area (Å²) in [5.74, 6) is -0.536. The number of hydrogen-bond donors (Lipinski definition) is 2. The van der Waals surface area contributed by atoms with Gasteiger partial charge in [0.05, 0.1) is 37.0 Å². The number of nitrogens with one attached hydrogen (secondary N) is 2. The molecule has 0 aliphatic heterocycles. The average Bonchev–Trinajstić information content (AvgIpc) is 2.88. The highest BCUT2D eigenvalue weighted by atomic mass is 79.9. The van der Waals surface area contributed by atoms with Crippen molar-refractivity contribution in [2.75, 3.05) is 20.8 Å². The number of benzene rings is 3. The Morgan fingerprint density at radius 3 is 2.35 bits per heavy atom. The number of hydrazone groups is 1. The number of ether oxygens (including phenoxy) is 3. The van der Waals surface area contributed by atoms with Crippen molar-refractivity contribution in [1.82, 2.24) is 10.7 Å². The number of carbonyl (C=O) groups excluding carboxylic acids is 3. The van der Waals surface area contributed by atoms with E-state index < -0.39 is 17.8 Å². The Bertz CT molecular complexity index is 1360. The van der Waals surface area contributed by atoms with Crippen LogP contribution in [0.4, 0.5) is 0 Å². The number of nitrogens with zero attached hydrogens (tertiary/aromatic N) is 1. The van der Waals surface area contributed by atoms with E-state index in [1.165, 1.54) is 26.5 Å². The van der Waals surface area contributed by atoms with E-state index in [9.17, 15) is 14.4 Å². The molecule has 0 aliphatic rings. The van der Waals surface area contributed by atoms with E-state index in [1.54, 1.807) is 48.5 Å². The molecule has 0 saturated heterocycles. The lowest BCUT2D eigenvalue weighted by atomic mass is 10.2. The van der Waals surface area contributed by atoms with Crippen molar-refractivity contribution in [3.05, 3.63) is 84.7 Å². The quantitative estimate of drug-likeness (QED) is 0.139. The first-order valence-electron chi connectivity index (χ1n) is 10.5. The van der Waals surface area contributed by atoms with Crippen LogP contribution in [0.2, 0.25) is 0 Å². The van der Waals surface area contributed by atoms with Crippen molar-refractivity contribution in [2.45, 2.75) is 0 Å². The molecule has 0 radical (unpaired) electrons. The molecule has 3 aromatic rings. The van der Waals surface area contributed by atoms with Crippen LogP contribution in [0.5, 0.6) is 17.2 Å². The van der Waals surface area contributed by atoms with E-state index >= 15 is 0 Å². The van der Waals surface area contributed by atoms with Crippen LogP contribution in [-0.4, -0.2) is 44.8 Å². The lowest BCUT2D eigenvalue weighted by Crippen LogP contribution is -2.34. The first kappa shape index (κ1) is 28.4. The van der Waals surface area contributed by atoms with Crippen LogP contribution >= 0.6 is 47.8 Å². The maximum atomic E-state index is 12.7. The highest BCUT2D eigenvalue weighted by Gasteiger charge is 2.17. The zero-order valence-corrected chi connectivity index (χ0v) is 24.3. The number of hydrogen-bond acceptors (Lipinski definition) is 7. The minimum atomic E-state index is -0.577. The highest BCUT2D eigenvalue weighted by molar-refractivity contribution is 9.11. The van der Waals surface area contributed by atoms with Crippen LogP contribution in [0.15, 0.2) is 73.1 Å². The minimum absolute atomic E-state index is 0.212. The lowest BCUT2D eigenvalue weighted by molar-refractivity contribution is -0.120. The minimum Gasteiger partial charge on any atom is -0.493 e. The van der Waals surface area contributed by atoms with Crippen molar-refractivity contribution >= 4 is 71.8 Å². The summed E-state index contributed by atoms with van der Waals surface area (Å²) in [7, 11) is 2.95. The Balaban J connectivity index is 1.64. The fourth-order valence-electron chi connectivity index (χ4n) is 3.01. The van der Waals surface area contributed by atoms with Gasteiger partial charge >= 0.3 is 5.97 Å². The zero-order valence-electron chi connectivity index (χ0n) is 19.5. The van der Waals surface area contributed by atoms with Crippen molar-refractivity contribution in [1.29, 1.82) is 0 Å². The molecule has 2 N–H and O–H groups in total. The van der Waals surface area contributed by atoms with Gasteiger partial charge in [-0.3, -0.25) is 9.59 Å². The van der Waals surface area contributed by atoms with Crippen LogP contribution in [0.3, 0.4) is 0 Å². The smallest absolute Gasteiger partial charge is 0.344 e. The molecule has 0 unspecified atom stereocenters. The largest absolute Gasteiger partial charge is 0.493 e. The third-order valence-corrected chi connectivity index (χ3v) is 6.51. The Morgan fingerprint density at radius 2 is 1.65 bits per heavy atom. The van der Waals surface area contributed by atoms with Gasteiger partial charge in [0.2, 0.25) is 0 Å². The van der Waals surface area contributed by atoms with Crippen LogP contribution < -0.4 is 25.0 Å². The van der Waals surface area contributed by atoms with Gasteiger partial charge in [-0.15, -0.1) is 0 Å². The summed E-state index contributed by atoms with van der Waals surface area (Å²) in [4.78, 5) is 37.3. The zero-order chi connectivity index (χ0) is 26.9. The summed E-state index contributed by atoms with van der Waals surface area (Å²) in [5, 5.41) is 6.43. The topological polar surface area (TPSA) is 115 Å². The summed E-state index contributed by atoms with van der Waals surface area (Å²) in [6.45, 7) is -0.323. The number of esters is 1. The summed E-state index contributed by atoms with van der Waals surface area (Å²) in [6.07, 6.45) is 1.33. The second-order valence-electron chi connectivity index (χ2n) is 7.22. The van der Waals surface area contributed by atoms with Gasteiger partial charge < -0.3 is 19.5 Å². The molecule has 3 aromatic carbocycles. The molecule has 0 bridgehead atoms. The van der Waals surface area contributed by atoms with Gasteiger partial charge in [0.25, 0.3) is 11.8 Å². The molecule has 0 aliphatic carbocycles. The maximum Gasteiger partial charge on any atom is 0.344 e. The monoisotopic (exact) mass is 695 g/mol. The van der Waals surface area contributed by atoms with Gasteiger partial charge in [-0.05, 0) is 74.3 Å². The number of methoxy groups -OCH3 is 2. The Kier molecular flexibility index (Phi) is 10.2. The molecule has 12 heteroatoms. The summed E-state index contributed by atoms with van der Waals surface area (Å²) in [5.41, 5.74) is 3.39. The van der Waals surface area contributed by atoms with Crippen LogP contribution in [0.25, 0.3) is 0 Å². The van der Waals surface area contributed by atoms with Gasteiger partial charge in [-0.2, -0.15) is 5.10 Å². The fraction of sp³-hybridized carbons (Fsp3) is 0.120. The molecule has 0 heterocycles. The first-order chi connectivity index (χ1) is 17.7. The summed E-state index contributed by atoms with van der Waals surface area (Å²) >= 11 is 10.1. The predicted molar refractivity (Wildman–Crippen MR) is 149 cm³/mol. The lowest BCUT2D eigenvalue weighted by Gasteiger charge is -2.11. The van der Waals surface area contributed by atoms with Gasteiger partial charge in [0, 0.05) is 20.1 Å². The van der Waals surface area contributed by atoms with Crippen molar-refractivity contribution in [3.63, 3.8) is 0 Å². The Labute approximate surface area is 237 Å². The van der Waals surface area contributed by atoms with E-state index in [-0.39, 0.29) is 12.3 Å². The fourth-order valence-corrected chi connectivity index (χ4v) is 4.80. The van der Waals surface area contributed by atoms with Gasteiger partial charge in [-0.25, -0.2) is 10.2 Å². The van der Waals surface area contributed by atoms with E-state index in [0.717, 1.165) is 0 Å². The molecule has 0 spiro atoms. The highest BCUT2D eigenvalue weighted by Crippen LogP contribution is 2.33. The second kappa shape index (κ2) is 13.4. The molecular formula is C25H20Br3N3O6. The molecule has 0 atom stereocenters. The van der Waals surface area contributed by atoms with E-state index in [2.05, 4.69) is 63.6 Å². The van der Waals surface area contributed by atoms with Gasteiger partial charge in [0.15, 0.2) is 17.2 Å². The summed E-state index contributed by atoms with van der Waals surface area (Å²) < 4.78 is 17.7. The molecule has 0 saturated carbocycles. The van der Waals surface area contributed by atoms with Crippen molar-refractivity contribution in [3.8, 4) is 17.2 Å². The number of rotatable bonds is 9. The Morgan fingerprint density at radius 1 is 0.919 bits per heavy atom.